The predicted octanol–water partition coefficient (Wildman–Crippen LogP) is 6.01. The molecule has 0 aliphatic heterocycles. The van der Waals surface area contributed by atoms with Crippen molar-refractivity contribution in [1.29, 1.82) is 0 Å². The van der Waals surface area contributed by atoms with Gasteiger partial charge in [0.25, 0.3) is 5.01 Å². The minimum Gasteiger partial charge on any atom is -0.182 e. The number of halogens is 1. The Morgan fingerprint density at radius 1 is 1.32 bits per heavy atom. The molecule has 0 N–H and O–H groups in total. The van der Waals surface area contributed by atoms with Crippen LogP contribution in [0.15, 0.2) is 35.4 Å². The Kier molecular flexibility index (Phi) is 4.17. The largest absolute Gasteiger partial charge is 0.263 e. The summed E-state index contributed by atoms with van der Waals surface area (Å²) >= 11 is 8.02. The fraction of sp³-hybridized carbons (Fsp3) is 0.421. The van der Waals surface area contributed by atoms with Crippen LogP contribution in [0.4, 0.5) is 0 Å². The van der Waals surface area contributed by atoms with Crippen molar-refractivity contribution >= 4 is 39.2 Å². The number of aromatic nitrogens is 1. The molecule has 0 atom stereocenters. The summed E-state index contributed by atoms with van der Waals surface area (Å²) in [5.74, 6) is 0. The molecule has 1 aliphatic rings. The molecule has 0 radical (unpaired) electrons. The number of nitrogens with zero attached hydrogens (tertiary/aromatic N) is 1. The average molecular weight is 333 g/mol. The van der Waals surface area contributed by atoms with Crippen LogP contribution in [0.5, 0.6) is 0 Å². The molecule has 0 spiro atoms. The third-order valence-corrected chi connectivity index (χ3v) is 5.54. The number of rotatable bonds is 2. The molecule has 0 fully saturated rings. The van der Waals surface area contributed by atoms with Crippen molar-refractivity contribution in [2.45, 2.75) is 47.1 Å². The van der Waals surface area contributed by atoms with Crippen molar-refractivity contribution in [2.24, 2.45) is 5.41 Å². The zero-order valence-corrected chi connectivity index (χ0v) is 15.3. The third-order valence-electron chi connectivity index (χ3n) is 4.19. The smallest absolute Gasteiger partial charge is 0.182 e. The van der Waals surface area contributed by atoms with Crippen LogP contribution in [0.1, 0.15) is 45.5 Å². The molecule has 22 heavy (non-hydrogen) atoms. The van der Waals surface area contributed by atoms with E-state index in [1.54, 1.807) is 0 Å². The summed E-state index contributed by atoms with van der Waals surface area (Å²) in [6.07, 6.45) is 7.07. The molecule has 1 heterocycles. The lowest BCUT2D eigenvalue weighted by molar-refractivity contribution is -0.665. The van der Waals surface area contributed by atoms with Gasteiger partial charge in [-0.1, -0.05) is 48.4 Å². The lowest BCUT2D eigenvalue weighted by Crippen LogP contribution is -2.33. The maximum absolute atomic E-state index is 6.17. The summed E-state index contributed by atoms with van der Waals surface area (Å²) < 4.78 is 3.66. The Morgan fingerprint density at radius 2 is 2.09 bits per heavy atom. The molecular formula is C19H23ClNS+. The minimum absolute atomic E-state index is 0.363. The third kappa shape index (κ3) is 3.13. The van der Waals surface area contributed by atoms with Crippen LogP contribution < -0.4 is 4.57 Å². The molecule has 3 heteroatoms. The first-order valence-corrected chi connectivity index (χ1v) is 9.07. The summed E-state index contributed by atoms with van der Waals surface area (Å²) in [5, 5.41) is 2.12. The molecular weight excluding hydrogens is 310 g/mol. The van der Waals surface area contributed by atoms with Crippen molar-refractivity contribution in [3.63, 3.8) is 0 Å². The van der Waals surface area contributed by atoms with E-state index < -0.39 is 0 Å². The van der Waals surface area contributed by atoms with Gasteiger partial charge in [-0.05, 0) is 49.8 Å². The van der Waals surface area contributed by atoms with E-state index in [-0.39, 0.29) is 0 Å². The van der Waals surface area contributed by atoms with Crippen LogP contribution in [-0.4, -0.2) is 0 Å². The van der Waals surface area contributed by atoms with Crippen LogP contribution in [0, 0.1) is 5.41 Å². The summed E-state index contributed by atoms with van der Waals surface area (Å²) in [7, 11) is 0. The highest BCUT2D eigenvalue weighted by atomic mass is 35.5. The van der Waals surface area contributed by atoms with E-state index in [9.17, 15) is 0 Å². The fourth-order valence-corrected chi connectivity index (χ4v) is 4.90. The van der Waals surface area contributed by atoms with Gasteiger partial charge >= 0.3 is 0 Å². The number of fused-ring (bicyclic) bond motifs is 1. The monoisotopic (exact) mass is 332 g/mol. The molecule has 1 aromatic carbocycles. The lowest BCUT2D eigenvalue weighted by Gasteiger charge is -2.29. The molecule has 0 saturated heterocycles. The Labute approximate surface area is 141 Å². The molecule has 1 nitrogen and oxygen atoms in total. The summed E-state index contributed by atoms with van der Waals surface area (Å²) in [6.45, 7) is 10.1. The van der Waals surface area contributed by atoms with Gasteiger partial charge in [-0.25, -0.2) is 0 Å². The molecule has 0 saturated carbocycles. The number of hydrogen-bond donors (Lipinski definition) is 0. The molecule has 1 aliphatic carbocycles. The average Bonchev–Trinajstić information content (AvgIpc) is 2.72. The molecule has 0 unspecified atom stereocenters. The number of hydrogen-bond acceptors (Lipinski definition) is 1. The van der Waals surface area contributed by atoms with Gasteiger partial charge in [-0.3, -0.25) is 0 Å². The van der Waals surface area contributed by atoms with Gasteiger partial charge < -0.3 is 0 Å². The van der Waals surface area contributed by atoms with Gasteiger partial charge in [0.15, 0.2) is 0 Å². The van der Waals surface area contributed by atoms with Gasteiger partial charge in [-0.15, -0.1) is 0 Å². The van der Waals surface area contributed by atoms with Crippen molar-refractivity contribution in [3.05, 3.63) is 45.5 Å². The molecule has 2 aromatic rings. The maximum atomic E-state index is 6.17. The van der Waals surface area contributed by atoms with E-state index in [4.69, 9.17) is 11.6 Å². The van der Waals surface area contributed by atoms with Gasteiger partial charge in [0.1, 0.15) is 11.2 Å². The van der Waals surface area contributed by atoms with E-state index in [1.165, 1.54) is 32.8 Å². The molecule has 0 bridgehead atoms. The van der Waals surface area contributed by atoms with Crippen LogP contribution in [0.3, 0.4) is 0 Å². The van der Waals surface area contributed by atoms with E-state index in [0.29, 0.717) is 5.41 Å². The minimum atomic E-state index is 0.363. The van der Waals surface area contributed by atoms with Gasteiger partial charge in [0, 0.05) is 17.2 Å². The first-order valence-electron chi connectivity index (χ1n) is 7.87. The number of aryl methyl sites for hydroxylation is 1. The normalized spacial score (nSPS) is 19.7. The van der Waals surface area contributed by atoms with Crippen molar-refractivity contribution in [1.82, 2.24) is 0 Å². The van der Waals surface area contributed by atoms with E-state index >= 15 is 0 Å². The van der Waals surface area contributed by atoms with Crippen LogP contribution in [-0.2, 0) is 6.54 Å². The summed E-state index contributed by atoms with van der Waals surface area (Å²) in [6, 6.07) is 6.18. The molecule has 3 rings (SSSR count). The zero-order valence-electron chi connectivity index (χ0n) is 13.7. The molecule has 0 amide bonds. The zero-order chi connectivity index (χ0) is 15.9. The van der Waals surface area contributed by atoms with Crippen LogP contribution in [0.2, 0.25) is 5.02 Å². The quantitative estimate of drug-likeness (QED) is 0.593. The topological polar surface area (TPSA) is 3.88 Å². The van der Waals surface area contributed by atoms with Gasteiger partial charge in [0.05, 0.1) is 0 Å². The van der Waals surface area contributed by atoms with Crippen molar-refractivity contribution in [2.75, 3.05) is 0 Å². The second kappa shape index (κ2) is 5.82. The molecule has 1 aromatic heterocycles. The summed E-state index contributed by atoms with van der Waals surface area (Å²) in [5.41, 5.74) is 4.52. The number of benzene rings is 1. The van der Waals surface area contributed by atoms with Crippen molar-refractivity contribution in [3.8, 4) is 0 Å². The Bertz CT molecular complexity index is 780. The Balaban J connectivity index is 2.10. The Hall–Kier alpha value is -1.12. The standard InChI is InChI=1S/C19H23ClNS/c1-5-21-16-10-15(20)6-7-17(16)22-18(21)9-14-8-13(2)11-19(3,4)12-14/h6-10H,5,11-12H2,1-4H3/q+1/b14-9-. The second-order valence-corrected chi connectivity index (χ2v) is 8.52. The van der Waals surface area contributed by atoms with Gasteiger partial charge in [-0.2, -0.15) is 4.57 Å². The van der Waals surface area contributed by atoms with Gasteiger partial charge in [0.2, 0.25) is 5.52 Å². The highest BCUT2D eigenvalue weighted by molar-refractivity contribution is 7.18. The van der Waals surface area contributed by atoms with Crippen molar-refractivity contribution < 1.29 is 4.57 Å². The lowest BCUT2D eigenvalue weighted by atomic mass is 9.75. The maximum Gasteiger partial charge on any atom is 0.263 e. The van der Waals surface area contributed by atoms with Crippen LogP contribution in [0.25, 0.3) is 16.3 Å². The van der Waals surface area contributed by atoms with E-state index in [2.05, 4.69) is 56.5 Å². The summed E-state index contributed by atoms with van der Waals surface area (Å²) in [4.78, 5) is 0. The highest BCUT2D eigenvalue weighted by Crippen LogP contribution is 2.38. The van der Waals surface area contributed by atoms with E-state index in [0.717, 1.165) is 18.0 Å². The number of thiazole rings is 1. The second-order valence-electron chi connectivity index (χ2n) is 7.02. The first-order chi connectivity index (χ1) is 10.4. The predicted molar refractivity (Wildman–Crippen MR) is 97.5 cm³/mol. The fourth-order valence-electron chi connectivity index (χ4n) is 3.55. The van der Waals surface area contributed by atoms with Crippen LogP contribution >= 0.6 is 22.9 Å². The molecule has 116 valence electrons. The SMILES string of the molecule is CC[n+]1c(/C=C2/C=C(C)CC(C)(C)C2)sc2ccc(Cl)cc21. The van der Waals surface area contributed by atoms with E-state index in [1.807, 2.05) is 17.4 Å². The Morgan fingerprint density at radius 3 is 2.77 bits per heavy atom. The first kappa shape index (κ1) is 15.8. The number of allylic oxidation sites excluding steroid dienone is 3. The highest BCUT2D eigenvalue weighted by Gasteiger charge is 2.25.